The number of aryl methyl sites for hydroxylation is 1. The lowest BCUT2D eigenvalue weighted by Gasteiger charge is -2.00. The Morgan fingerprint density at radius 2 is 2.09 bits per heavy atom. The van der Waals surface area contributed by atoms with Gasteiger partial charge in [-0.1, -0.05) is 24.3 Å². The molecule has 0 radical (unpaired) electrons. The third-order valence-corrected chi connectivity index (χ3v) is 2.10. The summed E-state index contributed by atoms with van der Waals surface area (Å²) in [5.74, 6) is 0.229. The normalized spacial score (nSPS) is 12.9. The van der Waals surface area contributed by atoms with Crippen LogP contribution in [0.15, 0.2) is 24.3 Å². The first-order valence-corrected chi connectivity index (χ1v) is 4.59. The second kappa shape index (κ2) is 3.64. The zero-order valence-corrected chi connectivity index (χ0v) is 7.10. The molecule has 0 spiro atoms. The molecule has 3 heteroatoms. The average Bonchev–Trinajstić information content (AvgIpc) is 1.93. The summed E-state index contributed by atoms with van der Waals surface area (Å²) in [5, 5.41) is 0. The molecular weight excluding hydrogens is 160 g/mol. The fourth-order valence-corrected chi connectivity index (χ4v) is 1.50. The van der Waals surface area contributed by atoms with Crippen LogP contribution >= 0.6 is 0 Å². The maximum Gasteiger partial charge on any atom is 0.157 e. The molecule has 0 bridgehead atoms. The standard InChI is InChI=1S/C8H10O2S/c1-7-4-2-3-5-8(7)6-11(9)10/h2-5H,6H2,1H3,(H,9,10). The van der Waals surface area contributed by atoms with Crippen molar-refractivity contribution in [2.75, 3.05) is 0 Å². The molecule has 1 rings (SSSR count). The van der Waals surface area contributed by atoms with Crippen molar-refractivity contribution in [3.05, 3.63) is 35.4 Å². The summed E-state index contributed by atoms with van der Waals surface area (Å²) in [7, 11) is 0. The van der Waals surface area contributed by atoms with Crippen molar-refractivity contribution in [1.82, 2.24) is 0 Å². The van der Waals surface area contributed by atoms with Gasteiger partial charge in [-0.05, 0) is 18.1 Å². The Kier molecular flexibility index (Phi) is 2.79. The van der Waals surface area contributed by atoms with Gasteiger partial charge in [0.15, 0.2) is 11.1 Å². The van der Waals surface area contributed by atoms with Crippen LogP contribution in [0.4, 0.5) is 0 Å². The summed E-state index contributed by atoms with van der Waals surface area (Å²) in [6.45, 7) is 1.93. The molecule has 1 N–H and O–H groups in total. The van der Waals surface area contributed by atoms with E-state index in [1.165, 1.54) is 0 Å². The van der Waals surface area contributed by atoms with Crippen LogP contribution in [-0.4, -0.2) is 8.76 Å². The lowest BCUT2D eigenvalue weighted by molar-refractivity contribution is 0.563. The van der Waals surface area contributed by atoms with Gasteiger partial charge in [-0.15, -0.1) is 0 Å². The van der Waals surface area contributed by atoms with Crippen LogP contribution in [0.1, 0.15) is 11.1 Å². The van der Waals surface area contributed by atoms with Crippen molar-refractivity contribution < 1.29 is 8.76 Å². The van der Waals surface area contributed by atoms with Crippen molar-refractivity contribution in [3.8, 4) is 0 Å². The van der Waals surface area contributed by atoms with Crippen LogP contribution in [0.2, 0.25) is 0 Å². The van der Waals surface area contributed by atoms with Gasteiger partial charge >= 0.3 is 0 Å². The first-order valence-electron chi connectivity index (χ1n) is 3.32. The Morgan fingerprint density at radius 1 is 1.45 bits per heavy atom. The van der Waals surface area contributed by atoms with Crippen LogP contribution in [0.3, 0.4) is 0 Å². The van der Waals surface area contributed by atoms with E-state index in [0.717, 1.165) is 11.1 Å². The van der Waals surface area contributed by atoms with Crippen molar-refractivity contribution >= 4 is 11.1 Å². The van der Waals surface area contributed by atoms with Gasteiger partial charge < -0.3 is 4.55 Å². The molecule has 1 unspecified atom stereocenters. The van der Waals surface area contributed by atoms with Gasteiger partial charge in [0, 0.05) is 0 Å². The molecule has 0 fully saturated rings. The zero-order valence-electron chi connectivity index (χ0n) is 6.28. The topological polar surface area (TPSA) is 37.3 Å². The Balaban J connectivity index is 2.86. The lowest BCUT2D eigenvalue weighted by Crippen LogP contribution is -1.94. The fourth-order valence-electron chi connectivity index (χ4n) is 0.905. The molecule has 1 aromatic carbocycles. The van der Waals surface area contributed by atoms with E-state index in [0.29, 0.717) is 0 Å². The smallest absolute Gasteiger partial charge is 0.157 e. The summed E-state index contributed by atoms with van der Waals surface area (Å²) < 4.78 is 19.0. The molecule has 60 valence electrons. The van der Waals surface area contributed by atoms with Gasteiger partial charge in [0.2, 0.25) is 0 Å². The first kappa shape index (κ1) is 8.43. The predicted molar refractivity (Wildman–Crippen MR) is 45.7 cm³/mol. The van der Waals surface area contributed by atoms with E-state index in [-0.39, 0.29) is 5.75 Å². The minimum Gasteiger partial charge on any atom is -0.306 e. The Labute approximate surface area is 68.5 Å². The minimum absolute atomic E-state index is 0.229. The number of rotatable bonds is 2. The van der Waals surface area contributed by atoms with Gasteiger partial charge in [-0.25, -0.2) is 4.21 Å². The maximum absolute atomic E-state index is 10.4. The molecule has 0 aliphatic carbocycles. The van der Waals surface area contributed by atoms with Crippen LogP contribution < -0.4 is 0 Å². The van der Waals surface area contributed by atoms with Crippen LogP contribution in [-0.2, 0) is 16.8 Å². The molecule has 2 nitrogen and oxygen atoms in total. The van der Waals surface area contributed by atoms with E-state index in [9.17, 15) is 4.21 Å². The molecule has 0 aliphatic heterocycles. The summed E-state index contributed by atoms with van der Waals surface area (Å²) in [6.07, 6.45) is 0. The number of benzene rings is 1. The molecule has 1 atom stereocenters. The SMILES string of the molecule is Cc1ccccc1CS(=O)O. The minimum atomic E-state index is -1.73. The predicted octanol–water partition coefficient (Wildman–Crippen LogP) is 1.72. The van der Waals surface area contributed by atoms with Gasteiger partial charge in [-0.2, -0.15) is 0 Å². The third-order valence-electron chi connectivity index (χ3n) is 1.54. The van der Waals surface area contributed by atoms with E-state index >= 15 is 0 Å². The summed E-state index contributed by atoms with van der Waals surface area (Å²) in [6, 6.07) is 7.58. The van der Waals surface area contributed by atoms with Crippen molar-refractivity contribution in [2.24, 2.45) is 0 Å². The van der Waals surface area contributed by atoms with E-state index in [2.05, 4.69) is 0 Å². The molecule has 0 heterocycles. The Bertz CT molecular complexity index is 271. The molecular formula is C8H10O2S. The average molecular weight is 170 g/mol. The number of hydrogen-bond donors (Lipinski definition) is 1. The van der Waals surface area contributed by atoms with Gasteiger partial charge in [-0.3, -0.25) is 0 Å². The van der Waals surface area contributed by atoms with Crippen molar-refractivity contribution in [3.63, 3.8) is 0 Å². The maximum atomic E-state index is 10.4. The Morgan fingerprint density at radius 3 is 2.64 bits per heavy atom. The van der Waals surface area contributed by atoms with Crippen LogP contribution in [0, 0.1) is 6.92 Å². The van der Waals surface area contributed by atoms with Gasteiger partial charge in [0.25, 0.3) is 0 Å². The zero-order chi connectivity index (χ0) is 8.27. The summed E-state index contributed by atoms with van der Waals surface area (Å²) in [5.41, 5.74) is 2.00. The highest BCUT2D eigenvalue weighted by atomic mass is 32.2. The Hall–Kier alpha value is -0.670. The van der Waals surface area contributed by atoms with Crippen molar-refractivity contribution in [2.45, 2.75) is 12.7 Å². The second-order valence-electron chi connectivity index (χ2n) is 2.39. The third kappa shape index (κ3) is 2.44. The van der Waals surface area contributed by atoms with Crippen molar-refractivity contribution in [1.29, 1.82) is 0 Å². The molecule has 0 aliphatic rings. The monoisotopic (exact) mass is 170 g/mol. The summed E-state index contributed by atoms with van der Waals surface area (Å²) >= 11 is -1.73. The molecule has 0 saturated carbocycles. The van der Waals surface area contributed by atoms with E-state index in [1.807, 2.05) is 31.2 Å². The highest BCUT2D eigenvalue weighted by Gasteiger charge is 1.99. The second-order valence-corrected chi connectivity index (χ2v) is 3.32. The highest BCUT2D eigenvalue weighted by Crippen LogP contribution is 2.08. The molecule has 1 aromatic rings. The quantitative estimate of drug-likeness (QED) is 0.686. The number of hydrogen-bond acceptors (Lipinski definition) is 1. The molecule has 11 heavy (non-hydrogen) atoms. The molecule has 0 aromatic heterocycles. The first-order chi connectivity index (χ1) is 5.20. The highest BCUT2D eigenvalue weighted by molar-refractivity contribution is 7.78. The molecule has 0 saturated heterocycles. The lowest BCUT2D eigenvalue weighted by atomic mass is 10.1. The van der Waals surface area contributed by atoms with Gasteiger partial charge in [0.05, 0.1) is 5.75 Å². The summed E-state index contributed by atoms with van der Waals surface area (Å²) in [4.78, 5) is 0. The van der Waals surface area contributed by atoms with E-state index < -0.39 is 11.1 Å². The largest absolute Gasteiger partial charge is 0.306 e. The molecule has 0 amide bonds. The van der Waals surface area contributed by atoms with E-state index in [1.54, 1.807) is 0 Å². The van der Waals surface area contributed by atoms with E-state index in [4.69, 9.17) is 4.55 Å². The van der Waals surface area contributed by atoms with Crippen LogP contribution in [0.25, 0.3) is 0 Å². The van der Waals surface area contributed by atoms with Gasteiger partial charge in [0.1, 0.15) is 0 Å². The fraction of sp³-hybridized carbons (Fsp3) is 0.250. The van der Waals surface area contributed by atoms with Crippen LogP contribution in [0.5, 0.6) is 0 Å².